The molecule has 2 amide bonds. The topological polar surface area (TPSA) is 86.9 Å². The molecule has 3 N–H and O–H groups in total. The fourth-order valence-corrected chi connectivity index (χ4v) is 4.05. The fourth-order valence-electron chi connectivity index (χ4n) is 4.05. The highest BCUT2D eigenvalue weighted by atomic mass is 19.1. The molecule has 2 aromatic carbocycles. The SMILES string of the molecule is NC[C@H](C(=O)N1CCC[C@@H](Cc2ccc(F)cc2)C1)N(Cc1ccccc1)C(=O)O. The van der Waals surface area contributed by atoms with Crippen LogP contribution >= 0.6 is 0 Å². The van der Waals surface area contributed by atoms with Gasteiger partial charge in [-0.1, -0.05) is 42.5 Å². The van der Waals surface area contributed by atoms with Gasteiger partial charge >= 0.3 is 6.09 Å². The van der Waals surface area contributed by atoms with E-state index in [2.05, 4.69) is 0 Å². The number of carboxylic acid groups (broad SMARTS) is 1. The number of carbonyl (C=O) groups is 2. The number of amides is 2. The van der Waals surface area contributed by atoms with Crippen LogP contribution in [-0.2, 0) is 17.8 Å². The molecule has 0 aromatic heterocycles. The van der Waals surface area contributed by atoms with Crippen LogP contribution < -0.4 is 5.73 Å². The summed E-state index contributed by atoms with van der Waals surface area (Å²) in [6, 6.07) is 14.7. The zero-order valence-electron chi connectivity index (χ0n) is 16.9. The first-order chi connectivity index (χ1) is 14.5. The maximum atomic E-state index is 13.2. The lowest BCUT2D eigenvalue weighted by Gasteiger charge is -2.37. The van der Waals surface area contributed by atoms with E-state index in [1.54, 1.807) is 17.0 Å². The molecule has 1 heterocycles. The van der Waals surface area contributed by atoms with Gasteiger partial charge in [-0.15, -0.1) is 0 Å². The molecule has 30 heavy (non-hydrogen) atoms. The summed E-state index contributed by atoms with van der Waals surface area (Å²) in [6.45, 7) is 1.17. The molecule has 2 aromatic rings. The van der Waals surface area contributed by atoms with E-state index in [1.807, 2.05) is 30.3 Å². The normalized spacial score (nSPS) is 17.4. The lowest BCUT2D eigenvalue weighted by Crippen LogP contribution is -2.55. The molecule has 0 unspecified atom stereocenters. The molecule has 1 aliphatic rings. The standard InChI is InChI=1S/C23H28FN3O3/c24-20-10-8-17(9-11-20)13-19-7-4-12-26(15-19)22(28)21(14-25)27(23(29)30)16-18-5-2-1-3-6-18/h1-3,5-6,8-11,19,21H,4,7,12-16,25H2,(H,29,30)/t19-,21+/m0/s1. The monoisotopic (exact) mass is 413 g/mol. The van der Waals surface area contributed by atoms with Gasteiger partial charge in [0.2, 0.25) is 5.91 Å². The number of nitrogens with zero attached hydrogens (tertiary/aromatic N) is 2. The van der Waals surface area contributed by atoms with Gasteiger partial charge in [0.1, 0.15) is 11.9 Å². The third kappa shape index (κ3) is 5.57. The second kappa shape index (κ2) is 10.2. The van der Waals surface area contributed by atoms with Gasteiger partial charge in [-0.3, -0.25) is 9.69 Å². The van der Waals surface area contributed by atoms with Crippen molar-refractivity contribution in [1.82, 2.24) is 9.80 Å². The van der Waals surface area contributed by atoms with Gasteiger partial charge in [0.15, 0.2) is 0 Å². The fraction of sp³-hybridized carbons (Fsp3) is 0.391. The average Bonchev–Trinajstić information content (AvgIpc) is 2.76. The summed E-state index contributed by atoms with van der Waals surface area (Å²) < 4.78 is 13.1. The maximum Gasteiger partial charge on any atom is 0.408 e. The van der Waals surface area contributed by atoms with E-state index in [4.69, 9.17) is 5.73 Å². The van der Waals surface area contributed by atoms with Gasteiger partial charge in [0, 0.05) is 26.2 Å². The summed E-state index contributed by atoms with van der Waals surface area (Å²) in [7, 11) is 0. The van der Waals surface area contributed by atoms with E-state index in [0.29, 0.717) is 13.1 Å². The Morgan fingerprint density at radius 2 is 1.83 bits per heavy atom. The number of likely N-dealkylation sites (tertiary alicyclic amines) is 1. The molecule has 0 saturated carbocycles. The van der Waals surface area contributed by atoms with Gasteiger partial charge in [0.25, 0.3) is 0 Å². The Morgan fingerprint density at radius 1 is 1.13 bits per heavy atom. The van der Waals surface area contributed by atoms with Crippen LogP contribution in [0, 0.1) is 11.7 Å². The predicted molar refractivity (Wildman–Crippen MR) is 112 cm³/mol. The highest BCUT2D eigenvalue weighted by molar-refractivity contribution is 5.85. The number of piperidine rings is 1. The molecule has 1 aliphatic heterocycles. The highest BCUT2D eigenvalue weighted by Crippen LogP contribution is 2.23. The molecular weight excluding hydrogens is 385 g/mol. The van der Waals surface area contributed by atoms with Crippen LogP contribution in [0.2, 0.25) is 0 Å². The Kier molecular flexibility index (Phi) is 7.41. The van der Waals surface area contributed by atoms with Crippen molar-refractivity contribution < 1.29 is 19.1 Å². The Labute approximate surface area is 176 Å². The zero-order valence-corrected chi connectivity index (χ0v) is 16.9. The van der Waals surface area contributed by atoms with Crippen LogP contribution in [0.5, 0.6) is 0 Å². The minimum Gasteiger partial charge on any atom is -0.465 e. The number of hydrogen-bond donors (Lipinski definition) is 2. The number of nitrogens with two attached hydrogens (primary N) is 1. The zero-order chi connectivity index (χ0) is 21.5. The lowest BCUT2D eigenvalue weighted by molar-refractivity contribution is -0.138. The van der Waals surface area contributed by atoms with E-state index >= 15 is 0 Å². The third-order valence-electron chi connectivity index (χ3n) is 5.59. The second-order valence-corrected chi connectivity index (χ2v) is 7.77. The smallest absolute Gasteiger partial charge is 0.408 e. The van der Waals surface area contributed by atoms with Crippen molar-refractivity contribution in [2.45, 2.75) is 31.8 Å². The largest absolute Gasteiger partial charge is 0.465 e. The first kappa shape index (κ1) is 21.8. The van der Waals surface area contributed by atoms with Crippen molar-refractivity contribution in [3.8, 4) is 0 Å². The number of benzene rings is 2. The molecule has 7 heteroatoms. The highest BCUT2D eigenvalue weighted by Gasteiger charge is 2.34. The molecule has 0 aliphatic carbocycles. The third-order valence-corrected chi connectivity index (χ3v) is 5.59. The maximum absolute atomic E-state index is 13.2. The summed E-state index contributed by atoms with van der Waals surface area (Å²) in [6.07, 6.45) is 1.41. The number of rotatable bonds is 7. The summed E-state index contributed by atoms with van der Waals surface area (Å²) >= 11 is 0. The van der Waals surface area contributed by atoms with Gasteiger partial charge in [-0.2, -0.15) is 0 Å². The van der Waals surface area contributed by atoms with Crippen molar-refractivity contribution in [2.24, 2.45) is 11.7 Å². The van der Waals surface area contributed by atoms with Crippen LogP contribution in [0.3, 0.4) is 0 Å². The van der Waals surface area contributed by atoms with E-state index in [1.165, 1.54) is 12.1 Å². The lowest BCUT2D eigenvalue weighted by atomic mass is 9.91. The molecule has 0 radical (unpaired) electrons. The molecule has 0 bridgehead atoms. The van der Waals surface area contributed by atoms with Crippen LogP contribution in [-0.4, -0.2) is 52.6 Å². The van der Waals surface area contributed by atoms with Crippen LogP contribution in [0.4, 0.5) is 9.18 Å². The van der Waals surface area contributed by atoms with Crippen molar-refractivity contribution in [1.29, 1.82) is 0 Å². The van der Waals surface area contributed by atoms with Crippen LogP contribution in [0.25, 0.3) is 0 Å². The minimum absolute atomic E-state index is 0.0723. The summed E-state index contributed by atoms with van der Waals surface area (Å²) in [4.78, 5) is 28.0. The summed E-state index contributed by atoms with van der Waals surface area (Å²) in [5, 5.41) is 9.72. The molecule has 1 saturated heterocycles. The first-order valence-electron chi connectivity index (χ1n) is 10.2. The Hall–Kier alpha value is -2.93. The molecule has 160 valence electrons. The van der Waals surface area contributed by atoms with Crippen molar-refractivity contribution in [3.63, 3.8) is 0 Å². The van der Waals surface area contributed by atoms with Crippen molar-refractivity contribution in [2.75, 3.05) is 19.6 Å². The minimum atomic E-state index is -1.16. The number of hydrogen-bond acceptors (Lipinski definition) is 3. The van der Waals surface area contributed by atoms with Gasteiger partial charge < -0.3 is 15.7 Å². The van der Waals surface area contributed by atoms with Crippen molar-refractivity contribution in [3.05, 3.63) is 71.5 Å². The predicted octanol–water partition coefficient (Wildman–Crippen LogP) is 3.11. The quantitative estimate of drug-likeness (QED) is 0.730. The van der Waals surface area contributed by atoms with Gasteiger partial charge in [-0.25, -0.2) is 9.18 Å². The van der Waals surface area contributed by atoms with E-state index < -0.39 is 12.1 Å². The average molecular weight is 413 g/mol. The molecule has 2 atom stereocenters. The van der Waals surface area contributed by atoms with Gasteiger partial charge in [-0.05, 0) is 48.4 Å². The summed E-state index contributed by atoms with van der Waals surface area (Å²) in [5.74, 6) is -0.268. The Balaban J connectivity index is 1.68. The number of halogens is 1. The molecule has 1 fully saturated rings. The van der Waals surface area contributed by atoms with E-state index in [-0.39, 0.29) is 30.7 Å². The van der Waals surface area contributed by atoms with Crippen LogP contribution in [0.15, 0.2) is 54.6 Å². The van der Waals surface area contributed by atoms with Crippen molar-refractivity contribution >= 4 is 12.0 Å². The van der Waals surface area contributed by atoms with E-state index in [0.717, 1.165) is 35.3 Å². The van der Waals surface area contributed by atoms with Crippen LogP contribution in [0.1, 0.15) is 24.0 Å². The Morgan fingerprint density at radius 3 is 2.47 bits per heavy atom. The molecule has 6 nitrogen and oxygen atoms in total. The number of carbonyl (C=O) groups excluding carboxylic acids is 1. The van der Waals surface area contributed by atoms with E-state index in [9.17, 15) is 19.1 Å². The second-order valence-electron chi connectivity index (χ2n) is 7.77. The molecular formula is C23H28FN3O3. The molecule has 3 rings (SSSR count). The summed E-state index contributed by atoms with van der Waals surface area (Å²) in [5.41, 5.74) is 7.69. The Bertz CT molecular complexity index is 845. The molecule has 0 spiro atoms. The first-order valence-corrected chi connectivity index (χ1v) is 10.2. The van der Waals surface area contributed by atoms with Gasteiger partial charge in [0.05, 0.1) is 0 Å².